The Balaban J connectivity index is 2.08. The second-order valence-corrected chi connectivity index (χ2v) is 5.37. The van der Waals surface area contributed by atoms with E-state index in [-0.39, 0.29) is 0 Å². The molecule has 0 nitrogen and oxygen atoms in total. The van der Waals surface area contributed by atoms with Gasteiger partial charge in [-0.15, -0.1) is 0 Å². The summed E-state index contributed by atoms with van der Waals surface area (Å²) in [5.74, 6) is 3.82. The second kappa shape index (κ2) is 4.51. The van der Waals surface area contributed by atoms with Crippen molar-refractivity contribution in [2.45, 2.75) is 52.4 Å². The highest BCUT2D eigenvalue weighted by Crippen LogP contribution is 2.42. The van der Waals surface area contributed by atoms with Gasteiger partial charge in [-0.1, -0.05) is 45.3 Å². The summed E-state index contributed by atoms with van der Waals surface area (Å²) in [6, 6.07) is 0. The van der Waals surface area contributed by atoms with Gasteiger partial charge in [-0.05, 0) is 42.9 Å². The van der Waals surface area contributed by atoms with Crippen molar-refractivity contribution >= 4 is 0 Å². The predicted molar refractivity (Wildman–Crippen MR) is 62.2 cm³/mol. The van der Waals surface area contributed by atoms with Gasteiger partial charge in [0.05, 0.1) is 0 Å². The second-order valence-electron chi connectivity index (χ2n) is 5.37. The van der Waals surface area contributed by atoms with Crippen LogP contribution in [0.4, 0.5) is 0 Å². The molecule has 0 aromatic carbocycles. The molecule has 0 aromatic heterocycles. The SMILES string of the molecule is CCC1CCCC2C=CC(C)CCC21. The van der Waals surface area contributed by atoms with Crippen molar-refractivity contribution < 1.29 is 0 Å². The molecule has 0 N–H and O–H groups in total. The first kappa shape index (κ1) is 10.3. The molecule has 0 radical (unpaired) electrons. The third-order valence-electron chi connectivity index (χ3n) is 4.43. The zero-order valence-corrected chi connectivity index (χ0v) is 9.71. The van der Waals surface area contributed by atoms with Crippen LogP contribution in [-0.4, -0.2) is 0 Å². The first-order valence-electron chi connectivity index (χ1n) is 6.49. The summed E-state index contributed by atoms with van der Waals surface area (Å²) in [6.45, 7) is 4.75. The Kier molecular flexibility index (Phi) is 3.30. The maximum absolute atomic E-state index is 2.55. The van der Waals surface area contributed by atoms with E-state index in [1.807, 2.05) is 0 Å². The third kappa shape index (κ3) is 2.04. The van der Waals surface area contributed by atoms with Crippen molar-refractivity contribution in [3.63, 3.8) is 0 Å². The average Bonchev–Trinajstić information content (AvgIpc) is 2.41. The van der Waals surface area contributed by atoms with Crippen molar-refractivity contribution in [2.24, 2.45) is 23.7 Å². The largest absolute Gasteiger partial charge is 0.0854 e. The minimum Gasteiger partial charge on any atom is -0.0854 e. The average molecular weight is 192 g/mol. The molecule has 14 heavy (non-hydrogen) atoms. The number of allylic oxidation sites excluding steroid dienone is 2. The summed E-state index contributed by atoms with van der Waals surface area (Å²) >= 11 is 0. The first-order valence-corrected chi connectivity index (χ1v) is 6.49. The van der Waals surface area contributed by atoms with E-state index in [1.54, 1.807) is 0 Å². The van der Waals surface area contributed by atoms with E-state index < -0.39 is 0 Å². The monoisotopic (exact) mass is 192 g/mol. The summed E-state index contributed by atoms with van der Waals surface area (Å²) in [5.41, 5.74) is 0. The van der Waals surface area contributed by atoms with Gasteiger partial charge in [0, 0.05) is 0 Å². The van der Waals surface area contributed by atoms with Crippen LogP contribution in [0.5, 0.6) is 0 Å². The maximum Gasteiger partial charge on any atom is -0.0202 e. The molecule has 2 aliphatic rings. The molecule has 4 atom stereocenters. The van der Waals surface area contributed by atoms with Crippen LogP contribution in [0.1, 0.15) is 52.4 Å². The van der Waals surface area contributed by atoms with Gasteiger partial charge in [-0.25, -0.2) is 0 Å². The van der Waals surface area contributed by atoms with E-state index in [0.29, 0.717) is 0 Å². The molecule has 0 aliphatic heterocycles. The highest BCUT2D eigenvalue weighted by Gasteiger charge is 2.31. The van der Waals surface area contributed by atoms with E-state index >= 15 is 0 Å². The highest BCUT2D eigenvalue weighted by molar-refractivity contribution is 5.00. The van der Waals surface area contributed by atoms with Crippen LogP contribution in [-0.2, 0) is 0 Å². The Hall–Kier alpha value is -0.260. The van der Waals surface area contributed by atoms with Crippen LogP contribution in [0.15, 0.2) is 12.2 Å². The van der Waals surface area contributed by atoms with Gasteiger partial charge in [-0.3, -0.25) is 0 Å². The Morgan fingerprint density at radius 1 is 1.07 bits per heavy atom. The van der Waals surface area contributed by atoms with Gasteiger partial charge < -0.3 is 0 Å². The quantitative estimate of drug-likeness (QED) is 0.540. The van der Waals surface area contributed by atoms with Crippen LogP contribution in [0, 0.1) is 23.7 Å². The third-order valence-corrected chi connectivity index (χ3v) is 4.43. The molecule has 0 aromatic rings. The molecule has 0 amide bonds. The maximum atomic E-state index is 2.55. The topological polar surface area (TPSA) is 0 Å². The molecule has 1 saturated carbocycles. The van der Waals surface area contributed by atoms with Crippen LogP contribution in [0.3, 0.4) is 0 Å². The molecule has 0 saturated heterocycles. The van der Waals surface area contributed by atoms with E-state index in [4.69, 9.17) is 0 Å². The molecule has 0 heterocycles. The fraction of sp³-hybridized carbons (Fsp3) is 0.857. The smallest absolute Gasteiger partial charge is 0.0202 e. The van der Waals surface area contributed by atoms with Crippen molar-refractivity contribution in [1.82, 2.24) is 0 Å². The number of hydrogen-bond acceptors (Lipinski definition) is 0. The van der Waals surface area contributed by atoms with Crippen LogP contribution in [0.25, 0.3) is 0 Å². The molecular formula is C14H24. The number of fused-ring (bicyclic) bond motifs is 1. The molecule has 2 aliphatic carbocycles. The molecule has 0 heteroatoms. The van der Waals surface area contributed by atoms with Crippen LogP contribution in [0.2, 0.25) is 0 Å². The van der Waals surface area contributed by atoms with Gasteiger partial charge in [-0.2, -0.15) is 0 Å². The van der Waals surface area contributed by atoms with Gasteiger partial charge in [0.2, 0.25) is 0 Å². The van der Waals surface area contributed by atoms with Crippen molar-refractivity contribution in [3.05, 3.63) is 12.2 Å². The standard InChI is InChI=1S/C14H24/c1-3-12-5-4-6-13-9-7-11(2)8-10-14(12)13/h7,9,11-14H,3-6,8,10H2,1-2H3. The fourth-order valence-corrected chi connectivity index (χ4v) is 3.47. The van der Waals surface area contributed by atoms with Crippen LogP contribution >= 0.6 is 0 Å². The van der Waals surface area contributed by atoms with Gasteiger partial charge >= 0.3 is 0 Å². The lowest BCUT2D eigenvalue weighted by Gasteiger charge is -2.36. The lowest BCUT2D eigenvalue weighted by molar-refractivity contribution is 0.167. The number of rotatable bonds is 1. The van der Waals surface area contributed by atoms with E-state index in [2.05, 4.69) is 26.0 Å². The van der Waals surface area contributed by atoms with Crippen LogP contribution < -0.4 is 0 Å². The predicted octanol–water partition coefficient (Wildman–Crippen LogP) is 4.42. The molecule has 2 rings (SSSR count). The lowest BCUT2D eigenvalue weighted by Crippen LogP contribution is -2.26. The van der Waals surface area contributed by atoms with Gasteiger partial charge in [0.25, 0.3) is 0 Å². The molecule has 1 fully saturated rings. The Labute approximate surface area is 88.8 Å². The highest BCUT2D eigenvalue weighted by atomic mass is 14.4. The molecule has 0 bridgehead atoms. The summed E-state index contributed by atoms with van der Waals surface area (Å²) in [7, 11) is 0. The minimum absolute atomic E-state index is 0.832. The summed E-state index contributed by atoms with van der Waals surface area (Å²) in [4.78, 5) is 0. The molecule has 0 spiro atoms. The Morgan fingerprint density at radius 2 is 1.93 bits per heavy atom. The molecule has 80 valence electrons. The first-order chi connectivity index (χ1) is 6.81. The van der Waals surface area contributed by atoms with Crippen molar-refractivity contribution in [2.75, 3.05) is 0 Å². The van der Waals surface area contributed by atoms with E-state index in [0.717, 1.165) is 23.7 Å². The van der Waals surface area contributed by atoms with Crippen molar-refractivity contribution in [1.29, 1.82) is 0 Å². The van der Waals surface area contributed by atoms with E-state index in [1.165, 1.54) is 38.5 Å². The zero-order valence-electron chi connectivity index (χ0n) is 9.71. The Bertz CT molecular complexity index is 204. The Morgan fingerprint density at radius 3 is 2.71 bits per heavy atom. The van der Waals surface area contributed by atoms with E-state index in [9.17, 15) is 0 Å². The summed E-state index contributed by atoms with van der Waals surface area (Å²) in [5, 5.41) is 0. The lowest BCUT2D eigenvalue weighted by atomic mass is 9.69. The van der Waals surface area contributed by atoms with Gasteiger partial charge in [0.1, 0.15) is 0 Å². The molecule has 4 unspecified atom stereocenters. The molecular weight excluding hydrogens is 168 g/mol. The van der Waals surface area contributed by atoms with Gasteiger partial charge in [0.15, 0.2) is 0 Å². The van der Waals surface area contributed by atoms with Crippen molar-refractivity contribution in [3.8, 4) is 0 Å². The normalized spacial score (nSPS) is 43.0. The zero-order chi connectivity index (χ0) is 9.97. The summed E-state index contributed by atoms with van der Waals surface area (Å²) in [6.07, 6.45) is 13.8. The fourth-order valence-electron chi connectivity index (χ4n) is 3.47. The number of hydrogen-bond donors (Lipinski definition) is 0. The minimum atomic E-state index is 0.832. The summed E-state index contributed by atoms with van der Waals surface area (Å²) < 4.78 is 0.